The summed E-state index contributed by atoms with van der Waals surface area (Å²) >= 11 is 0. The molecule has 3 nitrogen and oxygen atoms in total. The van der Waals surface area contributed by atoms with E-state index in [-0.39, 0.29) is 11.5 Å². The van der Waals surface area contributed by atoms with E-state index in [4.69, 9.17) is 9.47 Å². The van der Waals surface area contributed by atoms with E-state index in [9.17, 15) is 18.0 Å². The van der Waals surface area contributed by atoms with Gasteiger partial charge in [0.15, 0.2) is 0 Å². The number of alkyl halides is 3. The van der Waals surface area contributed by atoms with Gasteiger partial charge in [-0.15, -0.1) is 6.58 Å². The van der Waals surface area contributed by atoms with Crippen LogP contribution in [0, 0.1) is 5.92 Å². The maximum atomic E-state index is 14.0. The number of ether oxygens (including phenoxy) is 2. The lowest BCUT2D eigenvalue weighted by molar-refractivity contribution is -0.278. The van der Waals surface area contributed by atoms with Gasteiger partial charge in [0.2, 0.25) is 0 Å². The highest BCUT2D eigenvalue weighted by molar-refractivity contribution is 5.82. The van der Waals surface area contributed by atoms with E-state index < -0.39 is 23.9 Å². The lowest BCUT2D eigenvalue weighted by Gasteiger charge is -2.34. The van der Waals surface area contributed by atoms with Gasteiger partial charge in [0.25, 0.3) is 5.60 Å². The molecule has 0 fully saturated rings. The Balaban J connectivity index is 3.14. The Bertz CT molecular complexity index is 586. The zero-order valence-electron chi connectivity index (χ0n) is 16.2. The van der Waals surface area contributed by atoms with Gasteiger partial charge in [0.1, 0.15) is 6.10 Å². The molecule has 0 N–H and O–H groups in total. The molecule has 0 unspecified atom stereocenters. The molecular formula is C21H29F3O3. The van der Waals surface area contributed by atoms with Crippen LogP contribution < -0.4 is 0 Å². The maximum Gasteiger partial charge on any atom is 0.432 e. The second kappa shape index (κ2) is 10.5. The van der Waals surface area contributed by atoms with Crippen LogP contribution in [0.1, 0.15) is 51.5 Å². The van der Waals surface area contributed by atoms with Crippen molar-refractivity contribution in [1.29, 1.82) is 0 Å². The van der Waals surface area contributed by atoms with Crippen LogP contribution in [0.5, 0.6) is 0 Å². The molecule has 0 aromatic heterocycles. The number of benzene rings is 1. The smallest absolute Gasteiger partial charge is 0.432 e. The minimum Gasteiger partial charge on any atom is -0.459 e. The van der Waals surface area contributed by atoms with Crippen LogP contribution in [0.25, 0.3) is 0 Å². The molecule has 152 valence electrons. The Labute approximate surface area is 159 Å². The predicted octanol–water partition coefficient (Wildman–Crippen LogP) is 5.79. The Morgan fingerprint density at radius 3 is 2.30 bits per heavy atom. The minimum absolute atomic E-state index is 0.269. The van der Waals surface area contributed by atoms with Crippen LogP contribution in [0.2, 0.25) is 0 Å². The molecule has 6 heteroatoms. The second-order valence-electron chi connectivity index (χ2n) is 6.64. The van der Waals surface area contributed by atoms with Crippen molar-refractivity contribution in [3.63, 3.8) is 0 Å². The van der Waals surface area contributed by atoms with E-state index in [0.717, 1.165) is 32.8 Å². The van der Waals surface area contributed by atoms with Crippen molar-refractivity contribution in [2.24, 2.45) is 5.92 Å². The summed E-state index contributed by atoms with van der Waals surface area (Å²) in [4.78, 5) is 12.8. The summed E-state index contributed by atoms with van der Waals surface area (Å²) in [5, 5.41) is 0. The summed E-state index contributed by atoms with van der Waals surface area (Å²) in [6.45, 7) is 7.52. The third kappa shape index (κ3) is 5.58. The highest BCUT2D eigenvalue weighted by Gasteiger charge is 2.64. The Morgan fingerprint density at radius 2 is 1.81 bits per heavy atom. The van der Waals surface area contributed by atoms with Crippen molar-refractivity contribution < 1.29 is 27.4 Å². The van der Waals surface area contributed by atoms with Gasteiger partial charge in [-0.3, -0.25) is 0 Å². The molecule has 0 aliphatic carbocycles. The largest absolute Gasteiger partial charge is 0.459 e. The van der Waals surface area contributed by atoms with Crippen molar-refractivity contribution in [2.45, 2.75) is 63.8 Å². The predicted molar refractivity (Wildman–Crippen MR) is 99.2 cm³/mol. The van der Waals surface area contributed by atoms with Gasteiger partial charge in [-0.1, -0.05) is 69.5 Å². The Hall–Kier alpha value is -1.82. The quantitative estimate of drug-likeness (QED) is 0.274. The van der Waals surface area contributed by atoms with E-state index in [0.29, 0.717) is 6.42 Å². The fraction of sp³-hybridized carbons (Fsp3) is 0.571. The summed E-state index contributed by atoms with van der Waals surface area (Å²) in [5.41, 5.74) is -3.46. The third-order valence-electron chi connectivity index (χ3n) is 4.73. The number of carbonyl (C=O) groups is 1. The van der Waals surface area contributed by atoms with Crippen LogP contribution in [0.4, 0.5) is 13.2 Å². The average Bonchev–Trinajstić information content (AvgIpc) is 2.64. The lowest BCUT2D eigenvalue weighted by atomic mass is 9.92. The number of hydrogen-bond donors (Lipinski definition) is 0. The van der Waals surface area contributed by atoms with Gasteiger partial charge >= 0.3 is 12.1 Å². The number of methoxy groups -OCH3 is 1. The van der Waals surface area contributed by atoms with Crippen LogP contribution in [-0.4, -0.2) is 25.4 Å². The number of unbranched alkanes of at least 4 members (excludes halogenated alkanes) is 3. The Morgan fingerprint density at radius 1 is 1.19 bits per heavy atom. The van der Waals surface area contributed by atoms with E-state index in [1.807, 2.05) is 0 Å². The highest BCUT2D eigenvalue weighted by atomic mass is 19.4. The molecule has 0 saturated carbocycles. The highest BCUT2D eigenvalue weighted by Crippen LogP contribution is 2.43. The first kappa shape index (κ1) is 23.2. The average molecular weight is 386 g/mol. The van der Waals surface area contributed by atoms with Crippen molar-refractivity contribution >= 4 is 5.97 Å². The van der Waals surface area contributed by atoms with E-state index in [1.54, 1.807) is 19.1 Å². The first-order chi connectivity index (χ1) is 12.7. The molecule has 1 rings (SSSR count). The first-order valence-corrected chi connectivity index (χ1v) is 9.25. The molecule has 27 heavy (non-hydrogen) atoms. The van der Waals surface area contributed by atoms with Gasteiger partial charge in [-0.2, -0.15) is 13.2 Å². The number of rotatable bonds is 11. The van der Waals surface area contributed by atoms with Gasteiger partial charge in [-0.05, 0) is 12.8 Å². The minimum atomic E-state index is -4.97. The third-order valence-corrected chi connectivity index (χ3v) is 4.73. The van der Waals surface area contributed by atoms with Crippen molar-refractivity contribution in [1.82, 2.24) is 0 Å². The summed E-state index contributed by atoms with van der Waals surface area (Å²) < 4.78 is 52.0. The molecular weight excluding hydrogens is 357 g/mol. The lowest BCUT2D eigenvalue weighted by Crippen LogP contribution is -2.52. The Kier molecular flexibility index (Phi) is 9.03. The number of carbonyl (C=O) groups excluding carboxylic acids is 1. The molecule has 0 spiro atoms. The van der Waals surface area contributed by atoms with E-state index in [1.165, 1.54) is 24.3 Å². The SMILES string of the molecule is C=C[C@@H](C)[C@H](CCCCCC)OC(=O)[C@@](OC)(c1ccccc1)C(F)(F)F. The van der Waals surface area contributed by atoms with Crippen molar-refractivity contribution in [2.75, 3.05) is 7.11 Å². The van der Waals surface area contributed by atoms with E-state index >= 15 is 0 Å². The van der Waals surface area contributed by atoms with Gasteiger partial charge in [0.05, 0.1) is 0 Å². The van der Waals surface area contributed by atoms with Crippen LogP contribution in [0.3, 0.4) is 0 Å². The fourth-order valence-electron chi connectivity index (χ4n) is 2.96. The maximum absolute atomic E-state index is 14.0. The summed E-state index contributed by atoms with van der Waals surface area (Å²) in [6.07, 6.45) is 0.169. The number of hydrogen-bond acceptors (Lipinski definition) is 3. The number of halogens is 3. The molecule has 0 heterocycles. The fourth-order valence-corrected chi connectivity index (χ4v) is 2.96. The molecule has 0 radical (unpaired) electrons. The summed E-state index contributed by atoms with van der Waals surface area (Å²) in [5.74, 6) is -1.72. The van der Waals surface area contributed by atoms with Gasteiger partial charge in [-0.25, -0.2) is 4.79 Å². The van der Waals surface area contributed by atoms with Crippen LogP contribution in [-0.2, 0) is 19.9 Å². The van der Waals surface area contributed by atoms with Crippen LogP contribution in [0.15, 0.2) is 43.0 Å². The van der Waals surface area contributed by atoms with Crippen molar-refractivity contribution in [3.05, 3.63) is 48.6 Å². The molecule has 3 atom stereocenters. The number of esters is 1. The standard InChI is InChI=1S/C21H29F3O3/c1-5-7-8-12-15-18(16(3)6-2)27-19(25)20(26-4,21(22,23)24)17-13-10-9-11-14-17/h6,9-11,13-14,16,18H,2,5,7-8,12,15H2,1,3-4H3/t16-,18+,20+/m1/s1. The summed E-state index contributed by atoms with van der Waals surface area (Å²) in [6, 6.07) is 6.85. The van der Waals surface area contributed by atoms with Crippen LogP contribution >= 0.6 is 0 Å². The molecule has 1 aromatic carbocycles. The molecule has 0 bridgehead atoms. The monoisotopic (exact) mass is 386 g/mol. The molecule has 0 amide bonds. The second-order valence-corrected chi connectivity index (χ2v) is 6.64. The summed E-state index contributed by atoms with van der Waals surface area (Å²) in [7, 11) is 0.870. The zero-order chi connectivity index (χ0) is 20.5. The van der Waals surface area contributed by atoms with Crippen molar-refractivity contribution in [3.8, 4) is 0 Å². The normalized spacial score (nSPS) is 16.2. The first-order valence-electron chi connectivity index (χ1n) is 9.25. The molecule has 0 aliphatic rings. The van der Waals surface area contributed by atoms with Gasteiger partial charge < -0.3 is 9.47 Å². The topological polar surface area (TPSA) is 35.5 Å². The van der Waals surface area contributed by atoms with E-state index in [2.05, 4.69) is 13.5 Å². The zero-order valence-corrected chi connectivity index (χ0v) is 16.2. The molecule has 0 saturated heterocycles. The molecule has 1 aromatic rings. The van der Waals surface area contributed by atoms with Gasteiger partial charge in [0, 0.05) is 18.6 Å². The molecule has 0 aliphatic heterocycles.